The Morgan fingerprint density at radius 2 is 1.53 bits per heavy atom. The number of halogens is 4. The van der Waals surface area contributed by atoms with Crippen molar-refractivity contribution in [2.24, 2.45) is 0 Å². The first-order chi connectivity index (χ1) is 15.0. The Balaban J connectivity index is 1.87. The summed E-state index contributed by atoms with van der Waals surface area (Å²) in [6.07, 6.45) is -4.64. The number of aromatic hydroxyl groups is 1. The van der Waals surface area contributed by atoms with Crippen LogP contribution in [0.5, 0.6) is 5.75 Å². The number of carbonyl (C=O) groups is 2. The first-order valence-corrected chi connectivity index (χ1v) is 9.56. The predicted octanol–water partition coefficient (Wildman–Crippen LogP) is 5.47. The number of nitrogens with one attached hydrogen (secondary N) is 1. The third-order valence-electron chi connectivity index (χ3n) is 5.00. The predicted molar refractivity (Wildman–Crippen MR) is 111 cm³/mol. The zero-order chi connectivity index (χ0) is 23.6. The largest absolute Gasteiger partial charge is 0.507 e. The van der Waals surface area contributed by atoms with Crippen molar-refractivity contribution in [2.45, 2.75) is 26.4 Å². The normalized spacial score (nSPS) is 11.3. The summed E-state index contributed by atoms with van der Waals surface area (Å²) in [7, 11) is 0. The summed E-state index contributed by atoms with van der Waals surface area (Å²) in [5.41, 5.74) is 3.11. The Hall–Kier alpha value is -3.68. The lowest BCUT2D eigenvalue weighted by Crippen LogP contribution is -2.30. The molecule has 8 heteroatoms. The van der Waals surface area contributed by atoms with Gasteiger partial charge in [-0.25, -0.2) is 4.39 Å². The number of ketones is 1. The molecule has 3 rings (SSSR count). The highest BCUT2D eigenvalue weighted by Gasteiger charge is 2.38. The molecule has 0 radical (unpaired) electrons. The standard InChI is InChI=1S/C24H19F4NO3/c1-13-9-18(29-23(32)24(26,27)28)10-14(2)19(13)11-15-3-8-21(30)20(12-15)22(31)16-4-6-17(25)7-5-16/h3-10,12,30H,11H2,1-2H3,(H,29,32). The summed E-state index contributed by atoms with van der Waals surface area (Å²) >= 11 is 0. The second-order valence-corrected chi connectivity index (χ2v) is 7.40. The van der Waals surface area contributed by atoms with Gasteiger partial charge in [0.25, 0.3) is 0 Å². The van der Waals surface area contributed by atoms with E-state index < -0.39 is 23.7 Å². The molecule has 3 aromatic carbocycles. The van der Waals surface area contributed by atoms with Crippen molar-refractivity contribution in [1.29, 1.82) is 0 Å². The van der Waals surface area contributed by atoms with E-state index in [9.17, 15) is 32.3 Å². The lowest BCUT2D eigenvalue weighted by atomic mass is 9.93. The van der Waals surface area contributed by atoms with Crippen molar-refractivity contribution in [3.8, 4) is 5.75 Å². The molecule has 4 nitrogen and oxygen atoms in total. The minimum atomic E-state index is -4.99. The summed E-state index contributed by atoms with van der Waals surface area (Å²) in [6, 6.07) is 12.4. The van der Waals surface area contributed by atoms with Crippen molar-refractivity contribution in [1.82, 2.24) is 0 Å². The Morgan fingerprint density at radius 3 is 2.09 bits per heavy atom. The van der Waals surface area contributed by atoms with Gasteiger partial charge in [0.1, 0.15) is 11.6 Å². The van der Waals surface area contributed by atoms with Gasteiger partial charge in [0.2, 0.25) is 0 Å². The first kappa shape index (κ1) is 23.0. The van der Waals surface area contributed by atoms with Gasteiger partial charge in [-0.05, 0) is 91.1 Å². The molecule has 0 heterocycles. The number of hydrogen-bond acceptors (Lipinski definition) is 3. The molecule has 166 valence electrons. The van der Waals surface area contributed by atoms with Gasteiger partial charge in [0, 0.05) is 11.3 Å². The maximum atomic E-state index is 13.1. The number of alkyl halides is 3. The summed E-state index contributed by atoms with van der Waals surface area (Å²) in [5.74, 6) is -3.23. The minimum absolute atomic E-state index is 0.0314. The van der Waals surface area contributed by atoms with E-state index in [1.807, 2.05) is 5.32 Å². The van der Waals surface area contributed by atoms with E-state index >= 15 is 0 Å². The molecule has 0 aliphatic rings. The number of phenolic OH excluding ortho intramolecular Hbond substituents is 1. The minimum Gasteiger partial charge on any atom is -0.507 e. The van der Waals surface area contributed by atoms with Crippen LogP contribution >= 0.6 is 0 Å². The van der Waals surface area contributed by atoms with Crippen LogP contribution in [0.15, 0.2) is 54.6 Å². The van der Waals surface area contributed by atoms with Crippen LogP contribution in [0.1, 0.15) is 38.2 Å². The Morgan fingerprint density at radius 1 is 0.938 bits per heavy atom. The van der Waals surface area contributed by atoms with Gasteiger partial charge in [-0.3, -0.25) is 9.59 Å². The van der Waals surface area contributed by atoms with Crippen molar-refractivity contribution in [2.75, 3.05) is 5.32 Å². The third-order valence-corrected chi connectivity index (χ3v) is 5.00. The van der Waals surface area contributed by atoms with E-state index in [-0.39, 0.29) is 22.6 Å². The van der Waals surface area contributed by atoms with Crippen LogP contribution < -0.4 is 5.32 Å². The molecule has 3 aromatic rings. The molecule has 1 amide bonds. The lowest BCUT2D eigenvalue weighted by molar-refractivity contribution is -0.167. The number of benzene rings is 3. The molecule has 0 aliphatic heterocycles. The van der Waals surface area contributed by atoms with Gasteiger partial charge < -0.3 is 10.4 Å². The second-order valence-electron chi connectivity index (χ2n) is 7.40. The lowest BCUT2D eigenvalue weighted by Gasteiger charge is -2.15. The number of hydrogen-bond donors (Lipinski definition) is 2. The Kier molecular flexibility index (Phi) is 6.34. The molecule has 32 heavy (non-hydrogen) atoms. The number of aryl methyl sites for hydroxylation is 2. The smallest absolute Gasteiger partial charge is 0.471 e. The summed E-state index contributed by atoms with van der Waals surface area (Å²) < 4.78 is 50.6. The van der Waals surface area contributed by atoms with Crippen LogP contribution in [0.2, 0.25) is 0 Å². The highest BCUT2D eigenvalue weighted by atomic mass is 19.4. The first-order valence-electron chi connectivity index (χ1n) is 9.56. The number of amides is 1. The van der Waals surface area contributed by atoms with Gasteiger partial charge in [-0.15, -0.1) is 0 Å². The average Bonchev–Trinajstić information content (AvgIpc) is 2.71. The quantitative estimate of drug-likeness (QED) is 0.404. The highest BCUT2D eigenvalue weighted by molar-refractivity contribution is 6.10. The maximum absolute atomic E-state index is 13.1. The zero-order valence-electron chi connectivity index (χ0n) is 17.2. The highest BCUT2D eigenvalue weighted by Crippen LogP contribution is 2.28. The average molecular weight is 445 g/mol. The van der Waals surface area contributed by atoms with Crippen molar-refractivity contribution < 1.29 is 32.3 Å². The van der Waals surface area contributed by atoms with Crippen molar-refractivity contribution >= 4 is 17.4 Å². The van der Waals surface area contributed by atoms with Gasteiger partial charge in [0.05, 0.1) is 5.56 Å². The molecule has 0 aliphatic carbocycles. The number of rotatable bonds is 5. The van der Waals surface area contributed by atoms with E-state index in [4.69, 9.17) is 0 Å². The van der Waals surface area contributed by atoms with Crippen LogP contribution in [0, 0.1) is 19.7 Å². The van der Waals surface area contributed by atoms with Crippen molar-refractivity contribution in [3.63, 3.8) is 0 Å². The fraction of sp³-hybridized carbons (Fsp3) is 0.167. The van der Waals surface area contributed by atoms with Gasteiger partial charge in [-0.1, -0.05) is 6.07 Å². The summed E-state index contributed by atoms with van der Waals surface area (Å²) in [6.45, 7) is 3.41. The van der Waals surface area contributed by atoms with E-state index in [2.05, 4.69) is 0 Å². The fourth-order valence-electron chi connectivity index (χ4n) is 3.38. The molecular weight excluding hydrogens is 426 g/mol. The second kappa shape index (κ2) is 8.82. The van der Waals surface area contributed by atoms with Crippen LogP contribution in [-0.4, -0.2) is 23.0 Å². The molecular formula is C24H19F4NO3. The maximum Gasteiger partial charge on any atom is 0.471 e. The van der Waals surface area contributed by atoms with Crippen LogP contribution in [-0.2, 0) is 11.2 Å². The van der Waals surface area contributed by atoms with Crippen LogP contribution in [0.4, 0.5) is 23.2 Å². The summed E-state index contributed by atoms with van der Waals surface area (Å²) in [5, 5.41) is 12.0. The molecule has 0 saturated heterocycles. The number of phenols is 1. The fourth-order valence-corrected chi connectivity index (χ4v) is 3.38. The van der Waals surface area contributed by atoms with Crippen molar-refractivity contribution in [3.05, 3.63) is 93.8 Å². The Bertz CT molecular complexity index is 1160. The SMILES string of the molecule is Cc1cc(NC(=O)C(F)(F)F)cc(C)c1Cc1ccc(O)c(C(=O)c2ccc(F)cc2)c1. The molecule has 0 saturated carbocycles. The Labute approximate surface area is 181 Å². The summed E-state index contributed by atoms with van der Waals surface area (Å²) in [4.78, 5) is 23.9. The molecule has 0 fully saturated rings. The van der Waals surface area contributed by atoms with Crippen LogP contribution in [0.25, 0.3) is 0 Å². The zero-order valence-corrected chi connectivity index (χ0v) is 17.2. The molecule has 0 atom stereocenters. The molecule has 0 bridgehead atoms. The molecule has 0 spiro atoms. The number of carbonyl (C=O) groups excluding carboxylic acids is 2. The van der Waals surface area contributed by atoms with E-state index in [0.29, 0.717) is 23.1 Å². The van der Waals surface area contributed by atoms with Gasteiger partial charge >= 0.3 is 12.1 Å². The molecule has 0 aromatic heterocycles. The monoisotopic (exact) mass is 445 g/mol. The van der Waals surface area contributed by atoms with E-state index in [1.54, 1.807) is 19.9 Å². The third kappa shape index (κ3) is 5.14. The van der Waals surface area contributed by atoms with E-state index in [1.165, 1.54) is 36.4 Å². The number of anilines is 1. The van der Waals surface area contributed by atoms with Crippen LogP contribution in [0.3, 0.4) is 0 Å². The molecule has 0 unspecified atom stereocenters. The molecule has 2 N–H and O–H groups in total. The topological polar surface area (TPSA) is 66.4 Å². The van der Waals surface area contributed by atoms with Gasteiger partial charge in [0.15, 0.2) is 5.78 Å². The van der Waals surface area contributed by atoms with E-state index in [0.717, 1.165) is 17.7 Å². The van der Waals surface area contributed by atoms with Gasteiger partial charge in [-0.2, -0.15) is 13.2 Å².